The van der Waals surface area contributed by atoms with Gasteiger partial charge in [0.25, 0.3) is 0 Å². The number of anilines is 4. The zero-order valence-electron chi connectivity index (χ0n) is 15.8. The highest BCUT2D eigenvalue weighted by Gasteiger charge is 2.17. The Balaban J connectivity index is 1.47. The van der Waals surface area contributed by atoms with Crippen LogP contribution in [0, 0.1) is 0 Å². The molecule has 0 amide bonds. The van der Waals surface area contributed by atoms with Crippen LogP contribution in [0.2, 0.25) is 0 Å². The summed E-state index contributed by atoms with van der Waals surface area (Å²) in [6.07, 6.45) is 11.0. The molecule has 6 nitrogen and oxygen atoms in total. The van der Waals surface area contributed by atoms with Crippen LogP contribution in [-0.2, 0) is 0 Å². The molecule has 1 aliphatic carbocycles. The van der Waals surface area contributed by atoms with E-state index in [9.17, 15) is 0 Å². The van der Waals surface area contributed by atoms with Crippen molar-refractivity contribution < 1.29 is 0 Å². The van der Waals surface area contributed by atoms with Gasteiger partial charge in [-0.05, 0) is 57.1 Å². The fraction of sp³-hybridized carbons (Fsp3) is 0.476. The summed E-state index contributed by atoms with van der Waals surface area (Å²) in [4.78, 5) is 16.2. The number of nitrogens with one attached hydrogen (secondary N) is 2. The first kappa shape index (κ1) is 17.8. The lowest BCUT2D eigenvalue weighted by Gasteiger charge is -2.18. The third kappa shape index (κ3) is 4.96. The SMILES string of the molecule is C1=C(CCNc2nc(Nc3ccccc3)nc(N3CCCC3)n2)CCCC1. The summed E-state index contributed by atoms with van der Waals surface area (Å²) in [6, 6.07) is 10.0. The van der Waals surface area contributed by atoms with E-state index in [1.165, 1.54) is 38.5 Å². The minimum Gasteiger partial charge on any atom is -0.354 e. The van der Waals surface area contributed by atoms with E-state index in [2.05, 4.69) is 36.6 Å². The number of nitrogens with zero attached hydrogens (tertiary/aromatic N) is 4. The number of hydrogen-bond donors (Lipinski definition) is 2. The first-order valence-corrected chi connectivity index (χ1v) is 10.1. The minimum atomic E-state index is 0.595. The molecule has 1 fully saturated rings. The Hall–Kier alpha value is -2.63. The molecule has 0 spiro atoms. The van der Waals surface area contributed by atoms with Crippen molar-refractivity contribution in [2.45, 2.75) is 44.9 Å². The third-order valence-corrected chi connectivity index (χ3v) is 5.16. The van der Waals surface area contributed by atoms with Gasteiger partial charge in [0.15, 0.2) is 0 Å². The molecular formula is C21H28N6. The molecule has 2 aliphatic rings. The summed E-state index contributed by atoms with van der Waals surface area (Å²) in [5.74, 6) is 2.01. The fourth-order valence-corrected chi connectivity index (χ4v) is 3.68. The lowest BCUT2D eigenvalue weighted by atomic mass is 9.97. The van der Waals surface area contributed by atoms with Gasteiger partial charge in [-0.15, -0.1) is 0 Å². The molecule has 1 saturated heterocycles. The Morgan fingerprint density at radius 1 is 0.889 bits per heavy atom. The van der Waals surface area contributed by atoms with Gasteiger partial charge in [0.05, 0.1) is 0 Å². The Bertz CT molecular complexity index is 767. The monoisotopic (exact) mass is 364 g/mol. The van der Waals surface area contributed by atoms with Gasteiger partial charge in [-0.3, -0.25) is 0 Å². The molecule has 2 aromatic rings. The average Bonchev–Trinajstić information content (AvgIpc) is 3.24. The van der Waals surface area contributed by atoms with E-state index in [0.717, 1.165) is 37.7 Å². The number of benzene rings is 1. The molecule has 27 heavy (non-hydrogen) atoms. The quantitative estimate of drug-likeness (QED) is 0.704. The highest BCUT2D eigenvalue weighted by Crippen LogP contribution is 2.22. The molecule has 1 aromatic heterocycles. The zero-order valence-corrected chi connectivity index (χ0v) is 15.8. The molecular weight excluding hydrogens is 336 g/mol. The molecule has 1 aromatic carbocycles. The van der Waals surface area contributed by atoms with Gasteiger partial charge in [-0.25, -0.2) is 0 Å². The fourth-order valence-electron chi connectivity index (χ4n) is 3.68. The topological polar surface area (TPSA) is 66.0 Å². The van der Waals surface area contributed by atoms with E-state index >= 15 is 0 Å². The van der Waals surface area contributed by atoms with Gasteiger partial charge in [-0.2, -0.15) is 15.0 Å². The smallest absolute Gasteiger partial charge is 0.233 e. The summed E-state index contributed by atoms with van der Waals surface area (Å²) in [6.45, 7) is 2.89. The van der Waals surface area contributed by atoms with Crippen molar-refractivity contribution in [1.82, 2.24) is 15.0 Å². The number of hydrogen-bond acceptors (Lipinski definition) is 6. The van der Waals surface area contributed by atoms with Crippen LogP contribution >= 0.6 is 0 Å². The van der Waals surface area contributed by atoms with Crippen molar-refractivity contribution in [1.29, 1.82) is 0 Å². The van der Waals surface area contributed by atoms with Gasteiger partial charge >= 0.3 is 0 Å². The van der Waals surface area contributed by atoms with Crippen molar-refractivity contribution in [2.24, 2.45) is 0 Å². The standard InChI is InChI=1S/C21H28N6/c1-3-9-17(10-4-1)13-14-22-19-24-20(23-18-11-5-2-6-12-18)26-21(25-19)27-15-7-8-16-27/h2,5-6,9,11-12H,1,3-4,7-8,10,13-16H2,(H2,22,23,24,25,26). The van der Waals surface area contributed by atoms with E-state index in [1.807, 2.05) is 30.3 Å². The van der Waals surface area contributed by atoms with Crippen LogP contribution in [0.15, 0.2) is 42.0 Å². The van der Waals surface area contributed by atoms with E-state index in [4.69, 9.17) is 0 Å². The maximum atomic E-state index is 4.67. The first-order chi connectivity index (χ1) is 13.4. The van der Waals surface area contributed by atoms with E-state index < -0.39 is 0 Å². The molecule has 0 radical (unpaired) electrons. The van der Waals surface area contributed by atoms with Gasteiger partial charge < -0.3 is 15.5 Å². The maximum absolute atomic E-state index is 4.67. The number of allylic oxidation sites excluding steroid dienone is 1. The maximum Gasteiger partial charge on any atom is 0.233 e. The molecule has 0 unspecified atom stereocenters. The van der Waals surface area contributed by atoms with Crippen LogP contribution in [0.4, 0.5) is 23.5 Å². The Kier molecular flexibility index (Phi) is 5.82. The Morgan fingerprint density at radius 3 is 2.48 bits per heavy atom. The summed E-state index contributed by atoms with van der Waals surface area (Å²) < 4.78 is 0. The molecule has 0 bridgehead atoms. The molecule has 0 atom stereocenters. The summed E-state index contributed by atoms with van der Waals surface area (Å²) in [7, 11) is 0. The zero-order chi connectivity index (χ0) is 18.3. The molecule has 2 heterocycles. The van der Waals surface area contributed by atoms with Crippen molar-refractivity contribution in [3.05, 3.63) is 42.0 Å². The Labute approximate surface area is 161 Å². The molecule has 4 rings (SSSR count). The molecule has 2 N–H and O–H groups in total. The molecule has 6 heteroatoms. The predicted octanol–water partition coefficient (Wildman–Crippen LogP) is 4.52. The second-order valence-electron chi connectivity index (χ2n) is 7.25. The lowest BCUT2D eigenvalue weighted by molar-refractivity contribution is 0.679. The van der Waals surface area contributed by atoms with E-state index in [0.29, 0.717) is 11.9 Å². The normalized spacial score (nSPS) is 16.9. The van der Waals surface area contributed by atoms with Crippen LogP contribution in [0.3, 0.4) is 0 Å². The molecule has 0 saturated carbocycles. The minimum absolute atomic E-state index is 0.595. The van der Waals surface area contributed by atoms with Crippen molar-refractivity contribution >= 4 is 23.5 Å². The third-order valence-electron chi connectivity index (χ3n) is 5.16. The van der Waals surface area contributed by atoms with Crippen LogP contribution < -0.4 is 15.5 Å². The first-order valence-electron chi connectivity index (χ1n) is 10.1. The van der Waals surface area contributed by atoms with Gasteiger partial charge in [0.2, 0.25) is 17.8 Å². The average molecular weight is 364 g/mol. The van der Waals surface area contributed by atoms with Crippen LogP contribution in [0.1, 0.15) is 44.9 Å². The number of aromatic nitrogens is 3. The van der Waals surface area contributed by atoms with Crippen molar-refractivity contribution in [2.75, 3.05) is 35.2 Å². The van der Waals surface area contributed by atoms with Gasteiger partial charge in [0.1, 0.15) is 0 Å². The Morgan fingerprint density at radius 2 is 1.70 bits per heavy atom. The number of rotatable bonds is 7. The highest BCUT2D eigenvalue weighted by molar-refractivity contribution is 5.55. The van der Waals surface area contributed by atoms with E-state index in [-0.39, 0.29) is 0 Å². The predicted molar refractivity (Wildman–Crippen MR) is 111 cm³/mol. The summed E-state index contributed by atoms with van der Waals surface area (Å²) >= 11 is 0. The molecule has 1 aliphatic heterocycles. The van der Waals surface area contributed by atoms with Crippen molar-refractivity contribution in [3.8, 4) is 0 Å². The largest absolute Gasteiger partial charge is 0.354 e. The van der Waals surface area contributed by atoms with Crippen LogP contribution in [-0.4, -0.2) is 34.6 Å². The second-order valence-corrected chi connectivity index (χ2v) is 7.25. The van der Waals surface area contributed by atoms with E-state index in [1.54, 1.807) is 5.57 Å². The van der Waals surface area contributed by atoms with Gasteiger partial charge in [0, 0.05) is 25.3 Å². The summed E-state index contributed by atoms with van der Waals surface area (Å²) in [5, 5.41) is 6.72. The highest BCUT2D eigenvalue weighted by atomic mass is 15.3. The van der Waals surface area contributed by atoms with Gasteiger partial charge in [-0.1, -0.05) is 29.8 Å². The van der Waals surface area contributed by atoms with Crippen LogP contribution in [0.5, 0.6) is 0 Å². The number of para-hydroxylation sites is 1. The summed E-state index contributed by atoms with van der Waals surface area (Å²) in [5.41, 5.74) is 2.54. The van der Waals surface area contributed by atoms with Crippen LogP contribution in [0.25, 0.3) is 0 Å². The van der Waals surface area contributed by atoms with Crippen molar-refractivity contribution in [3.63, 3.8) is 0 Å². The molecule has 142 valence electrons. The second kappa shape index (κ2) is 8.84. The lowest BCUT2D eigenvalue weighted by Crippen LogP contribution is -2.22.